The summed E-state index contributed by atoms with van der Waals surface area (Å²) < 4.78 is 1.85. The van der Waals surface area contributed by atoms with E-state index in [4.69, 9.17) is 0 Å². The van der Waals surface area contributed by atoms with E-state index < -0.39 is 0 Å². The summed E-state index contributed by atoms with van der Waals surface area (Å²) in [5.41, 5.74) is 4.02. The standard InChI is InChI=1S/C13H20N6/c1-8-7-14-13(16-12(8)18(4)5)15-11-9(2)17-19(6)10(11)3/h7H,1-6H3,(H,14,15,16). The molecular formula is C13H20N6. The molecule has 0 aliphatic heterocycles. The first-order valence-corrected chi connectivity index (χ1v) is 6.18. The quantitative estimate of drug-likeness (QED) is 0.914. The molecule has 0 atom stereocenters. The van der Waals surface area contributed by atoms with Gasteiger partial charge in [0, 0.05) is 32.9 Å². The molecule has 6 heteroatoms. The van der Waals surface area contributed by atoms with Gasteiger partial charge < -0.3 is 10.2 Å². The first kappa shape index (κ1) is 13.3. The maximum atomic E-state index is 4.53. The van der Waals surface area contributed by atoms with Crippen LogP contribution in [0.2, 0.25) is 0 Å². The summed E-state index contributed by atoms with van der Waals surface area (Å²) in [6, 6.07) is 0. The first-order valence-electron chi connectivity index (χ1n) is 6.18. The van der Waals surface area contributed by atoms with Crippen LogP contribution in [0.4, 0.5) is 17.5 Å². The van der Waals surface area contributed by atoms with Gasteiger partial charge in [-0.15, -0.1) is 0 Å². The normalized spacial score (nSPS) is 10.6. The van der Waals surface area contributed by atoms with Crippen molar-refractivity contribution >= 4 is 17.5 Å². The van der Waals surface area contributed by atoms with Gasteiger partial charge in [0.2, 0.25) is 5.95 Å². The zero-order valence-electron chi connectivity index (χ0n) is 12.3. The van der Waals surface area contributed by atoms with Gasteiger partial charge in [-0.2, -0.15) is 10.1 Å². The largest absolute Gasteiger partial charge is 0.362 e. The molecule has 0 fully saturated rings. The van der Waals surface area contributed by atoms with Crippen molar-refractivity contribution in [1.82, 2.24) is 19.7 Å². The van der Waals surface area contributed by atoms with Gasteiger partial charge in [-0.05, 0) is 20.8 Å². The maximum Gasteiger partial charge on any atom is 0.229 e. The molecule has 0 bridgehead atoms. The average molecular weight is 260 g/mol. The Hall–Kier alpha value is -2.11. The number of rotatable bonds is 3. The SMILES string of the molecule is Cc1cnc(Nc2c(C)nn(C)c2C)nc1N(C)C. The molecule has 2 aromatic rings. The number of nitrogens with one attached hydrogen (secondary N) is 1. The highest BCUT2D eigenvalue weighted by molar-refractivity contribution is 5.61. The minimum atomic E-state index is 0.591. The van der Waals surface area contributed by atoms with Crippen molar-refractivity contribution in [3.8, 4) is 0 Å². The molecule has 19 heavy (non-hydrogen) atoms. The van der Waals surface area contributed by atoms with Crippen molar-refractivity contribution < 1.29 is 0 Å². The van der Waals surface area contributed by atoms with Gasteiger partial charge in [-0.3, -0.25) is 4.68 Å². The van der Waals surface area contributed by atoms with E-state index in [1.54, 1.807) is 0 Å². The highest BCUT2D eigenvalue weighted by Crippen LogP contribution is 2.23. The van der Waals surface area contributed by atoms with Gasteiger partial charge in [-0.1, -0.05) is 0 Å². The zero-order valence-corrected chi connectivity index (χ0v) is 12.3. The Labute approximate surface area is 113 Å². The summed E-state index contributed by atoms with van der Waals surface area (Å²) in [5.74, 6) is 1.50. The van der Waals surface area contributed by atoms with Crippen LogP contribution in [-0.2, 0) is 7.05 Å². The van der Waals surface area contributed by atoms with E-state index in [9.17, 15) is 0 Å². The van der Waals surface area contributed by atoms with E-state index >= 15 is 0 Å². The van der Waals surface area contributed by atoms with Gasteiger partial charge in [0.15, 0.2) is 0 Å². The van der Waals surface area contributed by atoms with Crippen LogP contribution in [0.5, 0.6) is 0 Å². The number of hydrogen-bond donors (Lipinski definition) is 1. The highest BCUT2D eigenvalue weighted by Gasteiger charge is 2.12. The van der Waals surface area contributed by atoms with Crippen LogP contribution in [0.25, 0.3) is 0 Å². The second-order valence-corrected chi connectivity index (χ2v) is 4.89. The molecule has 102 valence electrons. The Balaban J connectivity index is 2.36. The van der Waals surface area contributed by atoms with E-state index in [0.29, 0.717) is 5.95 Å². The van der Waals surface area contributed by atoms with Crippen LogP contribution in [-0.4, -0.2) is 33.8 Å². The second-order valence-electron chi connectivity index (χ2n) is 4.89. The summed E-state index contributed by atoms with van der Waals surface area (Å²) in [5, 5.41) is 7.62. The molecule has 0 aliphatic carbocycles. The van der Waals surface area contributed by atoms with Gasteiger partial charge in [0.05, 0.1) is 17.1 Å². The minimum Gasteiger partial charge on any atom is -0.362 e. The van der Waals surface area contributed by atoms with E-state index in [2.05, 4.69) is 20.4 Å². The van der Waals surface area contributed by atoms with Crippen LogP contribution in [0.3, 0.4) is 0 Å². The molecule has 0 saturated heterocycles. The Morgan fingerprint density at radius 3 is 2.42 bits per heavy atom. The van der Waals surface area contributed by atoms with Gasteiger partial charge >= 0.3 is 0 Å². The highest BCUT2D eigenvalue weighted by atomic mass is 15.3. The topological polar surface area (TPSA) is 58.9 Å². The van der Waals surface area contributed by atoms with Gasteiger partial charge in [-0.25, -0.2) is 4.98 Å². The van der Waals surface area contributed by atoms with Gasteiger partial charge in [0.25, 0.3) is 0 Å². The third-order valence-corrected chi connectivity index (χ3v) is 3.11. The molecular weight excluding hydrogens is 240 g/mol. The smallest absolute Gasteiger partial charge is 0.229 e. The molecule has 2 heterocycles. The fourth-order valence-electron chi connectivity index (χ4n) is 2.01. The van der Waals surface area contributed by atoms with Crippen molar-refractivity contribution in [2.75, 3.05) is 24.3 Å². The maximum absolute atomic E-state index is 4.53. The number of anilines is 3. The lowest BCUT2D eigenvalue weighted by Crippen LogP contribution is -2.14. The molecule has 0 spiro atoms. The Morgan fingerprint density at radius 2 is 1.89 bits per heavy atom. The van der Waals surface area contributed by atoms with E-state index in [0.717, 1.165) is 28.5 Å². The third-order valence-electron chi connectivity index (χ3n) is 3.11. The average Bonchev–Trinajstić information content (AvgIpc) is 2.58. The number of aromatic nitrogens is 4. The van der Waals surface area contributed by atoms with Crippen LogP contribution >= 0.6 is 0 Å². The summed E-state index contributed by atoms with van der Waals surface area (Å²) in [4.78, 5) is 10.8. The molecule has 0 unspecified atom stereocenters. The molecule has 0 saturated carbocycles. The van der Waals surface area contributed by atoms with Crippen LogP contribution < -0.4 is 10.2 Å². The predicted molar refractivity (Wildman–Crippen MR) is 77.1 cm³/mol. The Morgan fingerprint density at radius 1 is 1.21 bits per heavy atom. The van der Waals surface area contributed by atoms with E-state index in [1.807, 2.05) is 57.7 Å². The Kier molecular flexibility index (Phi) is 3.42. The molecule has 0 radical (unpaired) electrons. The molecule has 0 aromatic carbocycles. The molecule has 6 nitrogen and oxygen atoms in total. The molecule has 0 aliphatic rings. The molecule has 2 rings (SSSR count). The minimum absolute atomic E-state index is 0.591. The van der Waals surface area contributed by atoms with Crippen LogP contribution in [0.1, 0.15) is 17.0 Å². The fraction of sp³-hybridized carbons (Fsp3) is 0.462. The van der Waals surface area contributed by atoms with E-state index in [1.165, 1.54) is 0 Å². The molecule has 0 amide bonds. The fourth-order valence-corrected chi connectivity index (χ4v) is 2.01. The lowest BCUT2D eigenvalue weighted by atomic mass is 10.3. The summed E-state index contributed by atoms with van der Waals surface area (Å²) in [6.45, 7) is 5.99. The first-order chi connectivity index (χ1) is 8.90. The monoisotopic (exact) mass is 260 g/mol. The number of nitrogens with zero attached hydrogens (tertiary/aromatic N) is 5. The van der Waals surface area contributed by atoms with Crippen molar-refractivity contribution in [3.05, 3.63) is 23.1 Å². The lowest BCUT2D eigenvalue weighted by molar-refractivity contribution is 0.731. The predicted octanol–water partition coefficient (Wildman–Crippen LogP) is 1.94. The molecule has 2 aromatic heterocycles. The summed E-state index contributed by atoms with van der Waals surface area (Å²) in [6.07, 6.45) is 1.83. The van der Waals surface area contributed by atoms with Gasteiger partial charge in [0.1, 0.15) is 5.82 Å². The number of aryl methyl sites for hydroxylation is 3. The van der Waals surface area contributed by atoms with E-state index in [-0.39, 0.29) is 0 Å². The molecule has 1 N–H and O–H groups in total. The zero-order chi connectivity index (χ0) is 14.2. The number of hydrogen-bond acceptors (Lipinski definition) is 5. The second kappa shape index (κ2) is 4.87. The van der Waals surface area contributed by atoms with Crippen molar-refractivity contribution in [1.29, 1.82) is 0 Å². The van der Waals surface area contributed by atoms with Crippen molar-refractivity contribution in [2.24, 2.45) is 7.05 Å². The third kappa shape index (κ3) is 2.52. The Bertz CT molecular complexity index is 599. The van der Waals surface area contributed by atoms with Crippen molar-refractivity contribution in [3.63, 3.8) is 0 Å². The lowest BCUT2D eigenvalue weighted by Gasteiger charge is -2.15. The van der Waals surface area contributed by atoms with Crippen LogP contribution in [0, 0.1) is 20.8 Å². The summed E-state index contributed by atoms with van der Waals surface area (Å²) in [7, 11) is 5.87. The van der Waals surface area contributed by atoms with Crippen LogP contribution in [0.15, 0.2) is 6.20 Å². The summed E-state index contributed by atoms with van der Waals surface area (Å²) >= 11 is 0. The van der Waals surface area contributed by atoms with Crippen molar-refractivity contribution in [2.45, 2.75) is 20.8 Å².